The van der Waals surface area contributed by atoms with Gasteiger partial charge in [-0.1, -0.05) is 43.3 Å². The zero-order chi connectivity index (χ0) is 17.4. The highest BCUT2D eigenvalue weighted by Gasteiger charge is 2.56. The Morgan fingerprint density at radius 1 is 1.43 bits per heavy atom. The van der Waals surface area contributed by atoms with Gasteiger partial charge in [0.25, 0.3) is 5.91 Å². The SMILES string of the molecule is C=C(Br)CNC(=O)CN1C(=O)N[C@@]2(C[C@H](C)CC(C)(C)C2)C1=O. The van der Waals surface area contributed by atoms with E-state index < -0.39 is 11.6 Å². The van der Waals surface area contributed by atoms with E-state index in [9.17, 15) is 14.4 Å². The van der Waals surface area contributed by atoms with Gasteiger partial charge in [-0.3, -0.25) is 14.5 Å². The number of imide groups is 1. The van der Waals surface area contributed by atoms with Crippen molar-refractivity contribution in [2.45, 2.75) is 45.6 Å². The van der Waals surface area contributed by atoms with E-state index in [0.29, 0.717) is 23.2 Å². The van der Waals surface area contributed by atoms with E-state index in [1.165, 1.54) is 0 Å². The van der Waals surface area contributed by atoms with E-state index in [1.54, 1.807) is 0 Å². The Labute approximate surface area is 145 Å². The van der Waals surface area contributed by atoms with Crippen LogP contribution in [0.1, 0.15) is 40.0 Å². The number of rotatable bonds is 4. The number of halogens is 1. The first-order valence-corrected chi connectivity index (χ1v) is 8.58. The molecule has 1 heterocycles. The van der Waals surface area contributed by atoms with Gasteiger partial charge >= 0.3 is 6.03 Å². The van der Waals surface area contributed by atoms with Crippen LogP contribution in [-0.2, 0) is 9.59 Å². The van der Waals surface area contributed by atoms with Crippen LogP contribution in [0.3, 0.4) is 0 Å². The lowest BCUT2D eigenvalue weighted by molar-refractivity contribution is -0.137. The number of amides is 4. The molecule has 2 atom stereocenters. The summed E-state index contributed by atoms with van der Waals surface area (Å²) < 4.78 is 0.627. The van der Waals surface area contributed by atoms with Gasteiger partial charge in [0, 0.05) is 11.0 Å². The minimum atomic E-state index is -0.864. The van der Waals surface area contributed by atoms with Crippen LogP contribution in [0.5, 0.6) is 0 Å². The summed E-state index contributed by atoms with van der Waals surface area (Å²) in [5.41, 5.74) is -0.885. The van der Waals surface area contributed by atoms with Crippen LogP contribution in [-0.4, -0.2) is 41.4 Å². The Bertz CT molecular complexity index is 561. The van der Waals surface area contributed by atoms with Crippen molar-refractivity contribution < 1.29 is 14.4 Å². The van der Waals surface area contributed by atoms with Gasteiger partial charge in [0.15, 0.2) is 0 Å². The molecule has 0 unspecified atom stereocenters. The number of urea groups is 1. The van der Waals surface area contributed by atoms with Gasteiger partial charge in [-0.15, -0.1) is 0 Å². The van der Waals surface area contributed by atoms with Crippen LogP contribution in [0.4, 0.5) is 4.79 Å². The molecule has 0 bridgehead atoms. The third-order valence-corrected chi connectivity index (χ3v) is 4.68. The van der Waals surface area contributed by atoms with Crippen molar-refractivity contribution in [1.29, 1.82) is 0 Å². The van der Waals surface area contributed by atoms with E-state index in [4.69, 9.17) is 0 Å². The molecule has 1 saturated heterocycles. The fraction of sp³-hybridized carbons (Fsp3) is 0.688. The second-order valence-electron chi connectivity index (χ2n) is 7.55. The molecule has 2 N–H and O–H groups in total. The summed E-state index contributed by atoms with van der Waals surface area (Å²) in [6.07, 6.45) is 2.24. The van der Waals surface area contributed by atoms with Crippen molar-refractivity contribution in [2.24, 2.45) is 11.3 Å². The quantitative estimate of drug-likeness (QED) is 0.727. The second kappa shape index (κ2) is 6.26. The molecule has 23 heavy (non-hydrogen) atoms. The van der Waals surface area contributed by atoms with Crippen LogP contribution < -0.4 is 10.6 Å². The van der Waals surface area contributed by atoms with Crippen LogP contribution in [0, 0.1) is 11.3 Å². The van der Waals surface area contributed by atoms with E-state index in [-0.39, 0.29) is 30.3 Å². The molecule has 6 nitrogen and oxygen atoms in total. The van der Waals surface area contributed by atoms with Crippen molar-refractivity contribution in [3.05, 3.63) is 11.1 Å². The standard InChI is InChI=1S/C16H24BrN3O3/c1-10-5-15(3,4)9-16(6-10)13(22)20(14(23)19-16)8-12(21)18-7-11(2)17/h10H,2,5-9H2,1,3-4H3,(H,18,21)(H,19,23)/t10-,16-/m1/s1. The number of nitrogens with one attached hydrogen (secondary N) is 2. The van der Waals surface area contributed by atoms with E-state index in [1.807, 2.05) is 0 Å². The molecule has 1 aliphatic heterocycles. The highest BCUT2D eigenvalue weighted by molar-refractivity contribution is 9.11. The molecule has 128 valence electrons. The number of carbonyl (C=O) groups excluding carboxylic acids is 3. The Morgan fingerprint density at radius 2 is 2.09 bits per heavy atom. The molecule has 2 rings (SSSR count). The Balaban J connectivity index is 2.10. The predicted octanol–water partition coefficient (Wildman–Crippen LogP) is 2.15. The van der Waals surface area contributed by atoms with Crippen molar-refractivity contribution in [3.63, 3.8) is 0 Å². The van der Waals surface area contributed by atoms with Gasteiger partial charge in [0.2, 0.25) is 5.91 Å². The van der Waals surface area contributed by atoms with Gasteiger partial charge in [-0.25, -0.2) is 4.79 Å². The third-order valence-electron chi connectivity index (χ3n) is 4.40. The first kappa shape index (κ1) is 18.0. The summed E-state index contributed by atoms with van der Waals surface area (Å²) in [7, 11) is 0. The van der Waals surface area contributed by atoms with E-state index >= 15 is 0 Å². The average molecular weight is 386 g/mol. The van der Waals surface area contributed by atoms with Crippen LogP contribution in [0.25, 0.3) is 0 Å². The molecule has 0 aromatic carbocycles. The molecule has 0 aromatic rings. The maximum atomic E-state index is 12.8. The van der Waals surface area contributed by atoms with Gasteiger partial charge < -0.3 is 10.6 Å². The van der Waals surface area contributed by atoms with Crippen LogP contribution >= 0.6 is 15.9 Å². The normalized spacial score (nSPS) is 29.6. The van der Waals surface area contributed by atoms with Crippen molar-refractivity contribution >= 4 is 33.8 Å². The molecular formula is C16H24BrN3O3. The zero-order valence-electron chi connectivity index (χ0n) is 13.9. The smallest absolute Gasteiger partial charge is 0.325 e. The minimum Gasteiger partial charge on any atom is -0.350 e. The highest BCUT2D eigenvalue weighted by Crippen LogP contribution is 2.46. The number of hydrogen-bond acceptors (Lipinski definition) is 3. The number of nitrogens with zero attached hydrogens (tertiary/aromatic N) is 1. The van der Waals surface area contributed by atoms with E-state index in [2.05, 4.69) is 53.9 Å². The summed E-state index contributed by atoms with van der Waals surface area (Å²) in [6, 6.07) is -0.479. The second-order valence-corrected chi connectivity index (χ2v) is 8.67. The summed E-state index contributed by atoms with van der Waals surface area (Å²) in [4.78, 5) is 38.0. The Kier molecular flexibility index (Phi) is 4.89. The van der Waals surface area contributed by atoms with Crippen molar-refractivity contribution in [2.75, 3.05) is 13.1 Å². The molecule has 0 radical (unpaired) electrons. The molecule has 0 aromatic heterocycles. The van der Waals surface area contributed by atoms with Crippen molar-refractivity contribution in [3.8, 4) is 0 Å². The fourth-order valence-corrected chi connectivity index (χ4v) is 4.18. The van der Waals surface area contributed by atoms with Gasteiger partial charge in [-0.2, -0.15) is 0 Å². The molecule has 1 spiro atoms. The zero-order valence-corrected chi connectivity index (χ0v) is 15.5. The lowest BCUT2D eigenvalue weighted by Gasteiger charge is -2.43. The summed E-state index contributed by atoms with van der Waals surface area (Å²) >= 11 is 3.15. The molecule has 4 amide bonds. The molecular weight excluding hydrogens is 362 g/mol. The predicted molar refractivity (Wildman–Crippen MR) is 90.8 cm³/mol. The molecule has 2 aliphatic rings. The van der Waals surface area contributed by atoms with Crippen molar-refractivity contribution in [1.82, 2.24) is 15.5 Å². The summed E-state index contributed by atoms with van der Waals surface area (Å²) in [5.74, 6) is -0.322. The monoisotopic (exact) mass is 385 g/mol. The summed E-state index contributed by atoms with van der Waals surface area (Å²) in [5, 5.41) is 5.46. The number of carbonyl (C=O) groups is 3. The van der Waals surface area contributed by atoms with E-state index in [0.717, 1.165) is 11.3 Å². The molecule has 1 saturated carbocycles. The molecule has 2 fully saturated rings. The summed E-state index contributed by atoms with van der Waals surface area (Å²) in [6.45, 7) is 9.94. The average Bonchev–Trinajstić information content (AvgIpc) is 2.58. The van der Waals surface area contributed by atoms with Gasteiger partial charge in [0.05, 0.1) is 0 Å². The third kappa shape index (κ3) is 3.94. The van der Waals surface area contributed by atoms with Gasteiger partial charge in [0.1, 0.15) is 12.1 Å². The van der Waals surface area contributed by atoms with Crippen LogP contribution in [0.2, 0.25) is 0 Å². The lowest BCUT2D eigenvalue weighted by atomic mass is 9.64. The lowest BCUT2D eigenvalue weighted by Crippen LogP contribution is -2.54. The first-order chi connectivity index (χ1) is 10.5. The number of hydrogen-bond donors (Lipinski definition) is 2. The van der Waals surface area contributed by atoms with Gasteiger partial charge in [-0.05, 0) is 30.6 Å². The van der Waals surface area contributed by atoms with Crippen LogP contribution in [0.15, 0.2) is 11.1 Å². The Hall–Kier alpha value is -1.37. The minimum absolute atomic E-state index is 0.0213. The molecule has 1 aliphatic carbocycles. The topological polar surface area (TPSA) is 78.5 Å². The Morgan fingerprint density at radius 3 is 2.65 bits per heavy atom. The first-order valence-electron chi connectivity index (χ1n) is 7.79. The fourth-order valence-electron chi connectivity index (χ4n) is 4.04. The maximum absolute atomic E-state index is 12.8. The highest BCUT2D eigenvalue weighted by atomic mass is 79.9. The maximum Gasteiger partial charge on any atom is 0.325 e. The largest absolute Gasteiger partial charge is 0.350 e. The molecule has 7 heteroatoms.